The minimum absolute atomic E-state index is 0.137. The first-order valence-electron chi connectivity index (χ1n) is 10.3. The Hall–Kier alpha value is -3.08. The topological polar surface area (TPSA) is 43.6 Å². The molecule has 0 bridgehead atoms. The number of benzene rings is 1. The minimum atomic E-state index is -0.567. The predicted molar refractivity (Wildman–Crippen MR) is 132 cm³/mol. The second-order valence-electron chi connectivity index (χ2n) is 7.86. The Morgan fingerprint density at radius 3 is 2.73 bits per heavy atom. The van der Waals surface area contributed by atoms with Crippen LogP contribution in [0.1, 0.15) is 46.6 Å². The maximum Gasteiger partial charge on any atom is 0.240 e. The van der Waals surface area contributed by atoms with Crippen molar-refractivity contribution in [1.29, 1.82) is 0 Å². The average Bonchev–Trinajstić information content (AvgIpc) is 3.26. The van der Waals surface area contributed by atoms with Crippen LogP contribution >= 0.6 is 34.5 Å². The normalized spacial score (nSPS) is 13.5. The zero-order valence-electron chi connectivity index (χ0n) is 17.8. The van der Waals surface area contributed by atoms with Gasteiger partial charge in [0.1, 0.15) is 5.69 Å². The van der Waals surface area contributed by atoms with E-state index >= 15 is 0 Å². The molecule has 1 aliphatic carbocycles. The smallest absolute Gasteiger partial charge is 0.240 e. The largest absolute Gasteiger partial charge is 0.316 e. The number of carbonyl (C=O) groups is 1. The molecule has 8 heteroatoms. The monoisotopic (exact) mass is 492 g/mol. The van der Waals surface area contributed by atoms with Crippen molar-refractivity contribution < 1.29 is 4.79 Å². The number of aromatic nitrogens is 2. The maximum atomic E-state index is 13.1. The van der Waals surface area contributed by atoms with Crippen molar-refractivity contribution in [2.45, 2.75) is 38.1 Å². The van der Waals surface area contributed by atoms with Gasteiger partial charge < -0.3 is 9.69 Å². The van der Waals surface area contributed by atoms with Crippen molar-refractivity contribution in [3.05, 3.63) is 79.3 Å². The SMILES string of the molecule is [C-]#[N+]CCC#Cc1ccc(-c2c(C)c(C(=O)CC3([N+]#[C-])CC3)nn2-c2ccc(Cl)cc2Cl)s1. The fourth-order valence-electron chi connectivity index (χ4n) is 3.53. The molecule has 3 aromatic rings. The number of rotatable bonds is 6. The van der Waals surface area contributed by atoms with E-state index in [4.69, 9.17) is 36.3 Å². The summed E-state index contributed by atoms with van der Waals surface area (Å²) in [6, 6.07) is 9.01. The lowest BCUT2D eigenvalue weighted by molar-refractivity contribution is 0.0970. The number of carbonyl (C=O) groups excluding carboxylic acids is 1. The third kappa shape index (κ3) is 4.82. The quantitative estimate of drug-likeness (QED) is 0.162. The Bertz CT molecular complexity index is 1390. The van der Waals surface area contributed by atoms with Gasteiger partial charge in [-0.2, -0.15) is 5.10 Å². The van der Waals surface area contributed by atoms with Crippen LogP contribution in [0, 0.1) is 31.9 Å². The summed E-state index contributed by atoms with van der Waals surface area (Å²) in [5.41, 5.74) is 1.89. The first-order chi connectivity index (χ1) is 15.9. The van der Waals surface area contributed by atoms with Crippen LogP contribution in [0.3, 0.4) is 0 Å². The summed E-state index contributed by atoms with van der Waals surface area (Å²) < 4.78 is 1.68. The molecule has 0 unspecified atom stereocenters. The van der Waals surface area contributed by atoms with Crippen LogP contribution in [0.15, 0.2) is 30.3 Å². The van der Waals surface area contributed by atoms with Gasteiger partial charge in [-0.05, 0) is 37.3 Å². The molecule has 0 spiro atoms. The maximum absolute atomic E-state index is 13.1. The highest BCUT2D eigenvalue weighted by atomic mass is 35.5. The highest BCUT2D eigenvalue weighted by Crippen LogP contribution is 2.44. The van der Waals surface area contributed by atoms with E-state index in [1.54, 1.807) is 22.9 Å². The van der Waals surface area contributed by atoms with Crippen molar-refractivity contribution >= 4 is 40.3 Å². The molecule has 0 N–H and O–H groups in total. The number of Topliss-reactive ketones (excluding diaryl/α,β-unsaturated/α-hetero) is 1. The van der Waals surface area contributed by atoms with Gasteiger partial charge in [0.2, 0.25) is 12.1 Å². The van der Waals surface area contributed by atoms with E-state index in [0.717, 1.165) is 33.9 Å². The number of halogens is 2. The van der Waals surface area contributed by atoms with E-state index in [2.05, 4.69) is 26.6 Å². The van der Waals surface area contributed by atoms with Crippen molar-refractivity contribution in [2.24, 2.45) is 0 Å². The van der Waals surface area contributed by atoms with E-state index in [1.165, 1.54) is 11.3 Å². The van der Waals surface area contributed by atoms with Gasteiger partial charge in [0.05, 0.1) is 39.0 Å². The molecule has 0 aliphatic heterocycles. The molecule has 1 fully saturated rings. The predicted octanol–water partition coefficient (Wildman–Crippen LogP) is 6.90. The zero-order valence-corrected chi connectivity index (χ0v) is 20.1. The number of thiophene rings is 1. The Balaban J connectivity index is 1.79. The lowest BCUT2D eigenvalue weighted by atomic mass is 10.0. The Morgan fingerprint density at radius 1 is 1.27 bits per heavy atom. The summed E-state index contributed by atoms with van der Waals surface area (Å²) in [4.78, 5) is 21.9. The van der Waals surface area contributed by atoms with Gasteiger partial charge in [0, 0.05) is 23.4 Å². The fourth-order valence-corrected chi connectivity index (χ4v) is 4.98. The standard InChI is InChI=1S/C25H18Cl2N4OS/c1-16-23(21(32)15-25(29-3)11-12-25)30-31(20-9-7-17(26)14-19(20)27)24(16)22-10-8-18(33-22)6-4-5-13-28-2/h7-10,14H,5,11-13,15H2,1H3. The molecule has 5 nitrogen and oxygen atoms in total. The first-order valence-corrected chi connectivity index (χ1v) is 11.8. The van der Waals surface area contributed by atoms with E-state index in [-0.39, 0.29) is 12.2 Å². The molecule has 2 aromatic heterocycles. The molecular formula is C25H18Cl2N4OS. The van der Waals surface area contributed by atoms with Crippen LogP contribution in [0.25, 0.3) is 25.9 Å². The van der Waals surface area contributed by atoms with Gasteiger partial charge in [0.25, 0.3) is 0 Å². The van der Waals surface area contributed by atoms with Gasteiger partial charge in [-0.3, -0.25) is 4.79 Å². The lowest BCUT2D eigenvalue weighted by Gasteiger charge is -2.09. The summed E-state index contributed by atoms with van der Waals surface area (Å²) in [5.74, 6) is 5.97. The fraction of sp³-hybridized carbons (Fsp3) is 0.280. The van der Waals surface area contributed by atoms with E-state index in [9.17, 15) is 4.79 Å². The van der Waals surface area contributed by atoms with Gasteiger partial charge in [-0.25, -0.2) is 17.8 Å². The number of ketones is 1. The molecule has 164 valence electrons. The Morgan fingerprint density at radius 2 is 2.06 bits per heavy atom. The van der Waals surface area contributed by atoms with Crippen LogP contribution in [0.4, 0.5) is 0 Å². The van der Waals surface area contributed by atoms with Gasteiger partial charge >= 0.3 is 0 Å². The summed E-state index contributed by atoms with van der Waals surface area (Å²) in [6.07, 6.45) is 2.19. The summed E-state index contributed by atoms with van der Waals surface area (Å²) in [7, 11) is 0. The van der Waals surface area contributed by atoms with Crippen LogP contribution in [-0.2, 0) is 0 Å². The van der Waals surface area contributed by atoms with Crippen LogP contribution in [-0.4, -0.2) is 27.6 Å². The second-order valence-corrected chi connectivity index (χ2v) is 9.79. The summed E-state index contributed by atoms with van der Waals surface area (Å²) in [6.45, 7) is 16.5. The van der Waals surface area contributed by atoms with Crippen molar-refractivity contribution in [2.75, 3.05) is 6.54 Å². The molecule has 0 atom stereocenters. The highest BCUT2D eigenvalue weighted by molar-refractivity contribution is 7.16. The highest BCUT2D eigenvalue weighted by Gasteiger charge is 2.52. The molecule has 1 saturated carbocycles. The third-order valence-electron chi connectivity index (χ3n) is 5.48. The molecule has 0 amide bonds. The van der Waals surface area contributed by atoms with Crippen molar-refractivity contribution in [3.8, 4) is 28.1 Å². The molecule has 0 saturated heterocycles. The van der Waals surface area contributed by atoms with E-state index in [0.29, 0.717) is 34.4 Å². The van der Waals surface area contributed by atoms with Gasteiger partial charge in [-0.1, -0.05) is 35.0 Å². The number of nitrogens with zero attached hydrogens (tertiary/aromatic N) is 4. The number of hydrogen-bond acceptors (Lipinski definition) is 3. The summed E-state index contributed by atoms with van der Waals surface area (Å²) >= 11 is 14.1. The van der Waals surface area contributed by atoms with Crippen LogP contribution in [0.2, 0.25) is 10.0 Å². The van der Waals surface area contributed by atoms with Crippen LogP contribution in [0.5, 0.6) is 0 Å². The number of hydrogen-bond donors (Lipinski definition) is 0. The molecule has 0 radical (unpaired) electrons. The average molecular weight is 493 g/mol. The lowest BCUT2D eigenvalue weighted by Crippen LogP contribution is -2.13. The first kappa shape index (κ1) is 23.1. The van der Waals surface area contributed by atoms with Crippen LogP contribution < -0.4 is 0 Å². The van der Waals surface area contributed by atoms with Gasteiger partial charge in [0.15, 0.2) is 5.78 Å². The summed E-state index contributed by atoms with van der Waals surface area (Å²) in [5, 5.41) is 5.59. The Kier molecular flexibility index (Phi) is 6.59. The molecule has 2 heterocycles. The molecular weight excluding hydrogens is 475 g/mol. The second kappa shape index (κ2) is 9.42. The molecule has 1 aliphatic rings. The molecule has 4 rings (SSSR count). The zero-order chi connectivity index (χ0) is 23.6. The van der Waals surface area contributed by atoms with E-state index < -0.39 is 5.54 Å². The third-order valence-corrected chi connectivity index (χ3v) is 7.02. The van der Waals surface area contributed by atoms with Crippen molar-refractivity contribution in [3.63, 3.8) is 0 Å². The van der Waals surface area contributed by atoms with E-state index in [1.807, 2.05) is 19.1 Å². The Labute approximate surface area is 206 Å². The minimum Gasteiger partial charge on any atom is -0.316 e. The van der Waals surface area contributed by atoms with Gasteiger partial charge in [-0.15, -0.1) is 11.3 Å². The molecule has 33 heavy (non-hydrogen) atoms. The van der Waals surface area contributed by atoms with Crippen molar-refractivity contribution in [1.82, 2.24) is 9.78 Å². The molecule has 1 aromatic carbocycles.